The molecule has 0 unspecified atom stereocenters. The van der Waals surface area contributed by atoms with Crippen molar-refractivity contribution >= 4 is 93.2 Å². The third-order valence-electron chi connectivity index (χ3n) is 11.1. The lowest BCUT2D eigenvalue weighted by Crippen LogP contribution is -2.06. The van der Waals surface area contributed by atoms with Crippen molar-refractivity contribution < 1.29 is 0 Å². The number of fused-ring (bicyclic) bond motifs is 15. The normalized spacial score (nSPS) is 13.4. The molecule has 236 valence electrons. The topological polar surface area (TPSA) is 35.1 Å². The summed E-state index contributed by atoms with van der Waals surface area (Å²) >= 11 is 0. The highest BCUT2D eigenvalue weighted by atomic mass is 15.1. The van der Waals surface area contributed by atoms with E-state index >= 15 is 0 Å². The van der Waals surface area contributed by atoms with Crippen LogP contribution in [0.3, 0.4) is 0 Å². The number of benzene rings is 7. The van der Waals surface area contributed by atoms with E-state index in [1.165, 1.54) is 70.6 Å². The minimum Gasteiger partial charge on any atom is -0.307 e. The molecule has 4 aromatic heterocycles. The number of nitrogens with zero attached hydrogens (tertiary/aromatic N) is 4. The van der Waals surface area contributed by atoms with Gasteiger partial charge >= 0.3 is 0 Å². The molecule has 0 spiro atoms. The maximum Gasteiger partial charge on any atom is 0.165 e. The number of rotatable bonds is 2. The summed E-state index contributed by atoms with van der Waals surface area (Å²) < 4.78 is 4.94. The van der Waals surface area contributed by atoms with Crippen LogP contribution in [0, 0.1) is 0 Å². The van der Waals surface area contributed by atoms with E-state index in [9.17, 15) is 0 Å². The van der Waals surface area contributed by atoms with Crippen molar-refractivity contribution in [2.75, 3.05) is 0 Å². The lowest BCUT2D eigenvalue weighted by molar-refractivity contribution is 1.03. The molecule has 0 saturated heterocycles. The fourth-order valence-corrected chi connectivity index (χ4v) is 9.00. The van der Waals surface area contributed by atoms with Crippen LogP contribution in [0.15, 0.2) is 146 Å². The van der Waals surface area contributed by atoms with Crippen molar-refractivity contribution in [3.63, 3.8) is 0 Å². The first-order valence-corrected chi connectivity index (χ1v) is 17.5. The summed E-state index contributed by atoms with van der Waals surface area (Å²) in [4.78, 5) is 10.8. The zero-order valence-electron chi connectivity index (χ0n) is 27.6. The highest BCUT2D eigenvalue weighted by Crippen LogP contribution is 2.51. The molecule has 0 fully saturated rings. The molecular weight excluding hydrogens is 621 g/mol. The first-order valence-electron chi connectivity index (χ1n) is 17.5. The Morgan fingerprint density at radius 2 is 1.22 bits per heavy atom. The monoisotopic (exact) mass is 648 g/mol. The van der Waals surface area contributed by atoms with Gasteiger partial charge in [0, 0.05) is 43.4 Å². The van der Waals surface area contributed by atoms with Gasteiger partial charge in [0.15, 0.2) is 5.82 Å². The summed E-state index contributed by atoms with van der Waals surface area (Å²) in [6, 6.07) is 47.8. The van der Waals surface area contributed by atoms with Crippen LogP contribution in [-0.2, 0) is 0 Å². The van der Waals surface area contributed by atoms with E-state index < -0.39 is 0 Å². The fraction of sp³-hybridized carbons (Fsp3) is 0.0213. The molecule has 0 bridgehead atoms. The second-order valence-corrected chi connectivity index (χ2v) is 13.8. The third kappa shape index (κ3) is 3.43. The van der Waals surface area contributed by atoms with Crippen LogP contribution in [-0.4, -0.2) is 18.9 Å². The van der Waals surface area contributed by atoms with Crippen LogP contribution in [0.5, 0.6) is 0 Å². The Balaban J connectivity index is 1.38. The SMILES string of the molecule is C=C1CC=Cc2c1c1c(c3ccccc3c3c4cccc5c6cc7ccccc7cc6n(c54)c13)n2-c1nc2ccccc2nc1-c1ccccc1. The summed E-state index contributed by atoms with van der Waals surface area (Å²) in [5.41, 5.74) is 11.9. The summed E-state index contributed by atoms with van der Waals surface area (Å²) in [5, 5.41) is 11.2. The number of para-hydroxylation sites is 3. The molecule has 1 aliphatic rings. The maximum atomic E-state index is 5.46. The van der Waals surface area contributed by atoms with Crippen LogP contribution in [0.2, 0.25) is 0 Å². The molecule has 7 aromatic carbocycles. The second-order valence-electron chi connectivity index (χ2n) is 13.8. The molecule has 12 rings (SSSR count). The molecule has 0 aliphatic heterocycles. The van der Waals surface area contributed by atoms with Crippen molar-refractivity contribution in [2.45, 2.75) is 6.42 Å². The Bertz CT molecular complexity index is 3340. The highest BCUT2D eigenvalue weighted by molar-refractivity contribution is 6.37. The Morgan fingerprint density at radius 3 is 2.06 bits per heavy atom. The quantitative estimate of drug-likeness (QED) is 0.187. The number of aromatic nitrogens is 4. The first kappa shape index (κ1) is 27.1. The van der Waals surface area contributed by atoms with Crippen LogP contribution < -0.4 is 0 Å². The van der Waals surface area contributed by atoms with Crippen LogP contribution in [0.25, 0.3) is 110 Å². The van der Waals surface area contributed by atoms with Gasteiger partial charge < -0.3 is 4.40 Å². The van der Waals surface area contributed by atoms with Crippen molar-refractivity contribution in [2.24, 2.45) is 0 Å². The summed E-state index contributed by atoms with van der Waals surface area (Å²) in [6.45, 7) is 4.73. The molecular formula is C47H28N4. The van der Waals surface area contributed by atoms with Crippen molar-refractivity contribution in [1.82, 2.24) is 18.9 Å². The molecule has 0 radical (unpaired) electrons. The van der Waals surface area contributed by atoms with E-state index in [1.807, 2.05) is 12.1 Å². The van der Waals surface area contributed by atoms with E-state index in [2.05, 4.69) is 142 Å². The van der Waals surface area contributed by atoms with E-state index in [4.69, 9.17) is 16.5 Å². The van der Waals surface area contributed by atoms with Gasteiger partial charge in [-0.1, -0.05) is 122 Å². The van der Waals surface area contributed by atoms with Gasteiger partial charge in [0.25, 0.3) is 0 Å². The third-order valence-corrected chi connectivity index (χ3v) is 11.1. The summed E-state index contributed by atoms with van der Waals surface area (Å²) in [7, 11) is 0. The smallest absolute Gasteiger partial charge is 0.165 e. The van der Waals surface area contributed by atoms with Crippen LogP contribution in [0.4, 0.5) is 0 Å². The van der Waals surface area contributed by atoms with E-state index in [-0.39, 0.29) is 0 Å². The standard InChI is InChI=1S/C47H28N4/c1-27-13-11-24-38-40(27)42-45(51(38)47-43(28-14-3-2-4-15-28)48-36-22-9-10-23-37(36)49-47)32-19-8-7-18-31(32)41-34-21-12-20-33-35-25-29-16-5-6-17-30(29)26-39(35)50(44(33)34)46(41)42/h2-12,14-26H,1,13H2. The van der Waals surface area contributed by atoms with Gasteiger partial charge in [-0.2, -0.15) is 0 Å². The zero-order chi connectivity index (χ0) is 33.4. The Labute approximate surface area is 292 Å². The Morgan fingerprint density at radius 1 is 0.549 bits per heavy atom. The zero-order valence-corrected chi connectivity index (χ0v) is 27.6. The van der Waals surface area contributed by atoms with E-state index in [0.717, 1.165) is 51.3 Å². The van der Waals surface area contributed by atoms with Crippen LogP contribution in [0.1, 0.15) is 17.7 Å². The minimum atomic E-state index is 0.794. The molecule has 0 saturated carbocycles. The molecule has 0 amide bonds. The average molecular weight is 649 g/mol. The van der Waals surface area contributed by atoms with Gasteiger partial charge in [-0.05, 0) is 58.5 Å². The predicted octanol–water partition coefficient (Wildman–Crippen LogP) is 12.1. The van der Waals surface area contributed by atoms with Gasteiger partial charge in [0.1, 0.15) is 5.69 Å². The van der Waals surface area contributed by atoms with Gasteiger partial charge in [0.05, 0.1) is 38.8 Å². The number of allylic oxidation sites excluding steroid dienone is 2. The molecule has 1 aliphatic carbocycles. The maximum absolute atomic E-state index is 5.46. The lowest BCUT2D eigenvalue weighted by atomic mass is 9.93. The first-order chi connectivity index (χ1) is 25.2. The predicted molar refractivity (Wildman–Crippen MR) is 214 cm³/mol. The van der Waals surface area contributed by atoms with Gasteiger partial charge in [-0.15, -0.1) is 0 Å². The molecule has 0 N–H and O–H groups in total. The second kappa shape index (κ2) is 9.68. The van der Waals surface area contributed by atoms with Gasteiger partial charge in [-0.25, -0.2) is 9.97 Å². The largest absolute Gasteiger partial charge is 0.307 e. The van der Waals surface area contributed by atoms with Crippen molar-refractivity contribution in [3.8, 4) is 17.1 Å². The van der Waals surface area contributed by atoms with Gasteiger partial charge in [0.2, 0.25) is 0 Å². The highest BCUT2D eigenvalue weighted by Gasteiger charge is 2.30. The average Bonchev–Trinajstić information content (AvgIpc) is 3.83. The molecule has 4 heteroatoms. The van der Waals surface area contributed by atoms with Crippen LogP contribution >= 0.6 is 0 Å². The Kier molecular flexibility index (Phi) is 5.14. The lowest BCUT2D eigenvalue weighted by Gasteiger charge is -2.16. The van der Waals surface area contributed by atoms with E-state index in [0.29, 0.717) is 0 Å². The fourth-order valence-electron chi connectivity index (χ4n) is 9.00. The molecule has 11 aromatic rings. The van der Waals surface area contributed by atoms with Crippen molar-refractivity contribution in [1.29, 1.82) is 0 Å². The number of hydrogen-bond donors (Lipinski definition) is 0. The Hall–Kier alpha value is -6.78. The van der Waals surface area contributed by atoms with E-state index in [1.54, 1.807) is 0 Å². The molecule has 4 nitrogen and oxygen atoms in total. The minimum absolute atomic E-state index is 0.794. The van der Waals surface area contributed by atoms with Crippen molar-refractivity contribution in [3.05, 3.63) is 157 Å². The molecule has 4 heterocycles. The summed E-state index contributed by atoms with van der Waals surface area (Å²) in [5.74, 6) is 0.819. The molecule has 51 heavy (non-hydrogen) atoms. The summed E-state index contributed by atoms with van der Waals surface area (Å²) in [6.07, 6.45) is 5.31. The number of hydrogen-bond acceptors (Lipinski definition) is 2. The molecule has 0 atom stereocenters. The van der Waals surface area contributed by atoms with Gasteiger partial charge in [-0.3, -0.25) is 4.57 Å².